The molecule has 8 heteroatoms. The Morgan fingerprint density at radius 3 is 1.95 bits per heavy atom. The first-order chi connectivity index (χ1) is 10.3. The van der Waals surface area contributed by atoms with E-state index in [1.165, 1.54) is 0 Å². The Hall–Kier alpha value is -2.45. The van der Waals surface area contributed by atoms with Crippen LogP contribution < -0.4 is 11.1 Å². The summed E-state index contributed by atoms with van der Waals surface area (Å²) in [6, 6.07) is 7.79. The van der Waals surface area contributed by atoms with Crippen LogP contribution in [0, 0.1) is 0 Å². The van der Waals surface area contributed by atoms with E-state index in [-0.39, 0.29) is 0 Å². The van der Waals surface area contributed by atoms with Gasteiger partial charge in [0.1, 0.15) is 12.1 Å². The van der Waals surface area contributed by atoms with Crippen LogP contribution in [0.4, 0.5) is 0 Å². The SMILES string of the molecule is CNC(Cc1ccccc1)C(=O)O.NC(CC(=O)O)C(=O)O. The summed E-state index contributed by atoms with van der Waals surface area (Å²) < 4.78 is 0. The molecule has 1 aromatic rings. The van der Waals surface area contributed by atoms with Crippen molar-refractivity contribution in [2.45, 2.75) is 24.9 Å². The van der Waals surface area contributed by atoms with Gasteiger partial charge in [0.05, 0.1) is 6.42 Å². The summed E-state index contributed by atoms with van der Waals surface area (Å²) in [6.45, 7) is 0. The molecule has 1 aromatic carbocycles. The van der Waals surface area contributed by atoms with Crippen molar-refractivity contribution in [3.8, 4) is 0 Å². The minimum absolute atomic E-state index is 0.498. The molecule has 0 aliphatic rings. The zero-order valence-corrected chi connectivity index (χ0v) is 12.1. The van der Waals surface area contributed by atoms with Crippen LogP contribution >= 0.6 is 0 Å². The fourth-order valence-corrected chi connectivity index (χ4v) is 1.44. The molecule has 0 aliphatic heterocycles. The first kappa shape index (κ1) is 19.6. The van der Waals surface area contributed by atoms with Gasteiger partial charge in [0.2, 0.25) is 0 Å². The molecule has 8 nitrogen and oxygen atoms in total. The van der Waals surface area contributed by atoms with Crippen LogP contribution in [0.5, 0.6) is 0 Å². The van der Waals surface area contributed by atoms with E-state index in [1.54, 1.807) is 7.05 Å². The van der Waals surface area contributed by atoms with Gasteiger partial charge in [0.25, 0.3) is 0 Å². The Balaban J connectivity index is 0.000000433. The minimum Gasteiger partial charge on any atom is -0.481 e. The van der Waals surface area contributed by atoms with Gasteiger partial charge in [-0.05, 0) is 19.0 Å². The molecule has 122 valence electrons. The maximum Gasteiger partial charge on any atom is 0.321 e. The lowest BCUT2D eigenvalue weighted by atomic mass is 10.1. The van der Waals surface area contributed by atoms with Crippen LogP contribution in [0.1, 0.15) is 12.0 Å². The summed E-state index contributed by atoms with van der Waals surface area (Å²) in [5.74, 6) is -3.31. The molecule has 0 radical (unpaired) electrons. The van der Waals surface area contributed by atoms with Crippen LogP contribution in [0.15, 0.2) is 30.3 Å². The minimum atomic E-state index is -1.29. The Morgan fingerprint density at radius 2 is 1.64 bits per heavy atom. The molecule has 0 saturated carbocycles. The second kappa shape index (κ2) is 10.3. The fraction of sp³-hybridized carbons (Fsp3) is 0.357. The molecule has 2 unspecified atom stereocenters. The van der Waals surface area contributed by atoms with Crippen molar-refractivity contribution in [1.29, 1.82) is 0 Å². The normalized spacial score (nSPS) is 12.5. The molecule has 2 atom stereocenters. The predicted octanol–water partition coefficient (Wildman–Crippen LogP) is -0.225. The molecular weight excluding hydrogens is 292 g/mol. The monoisotopic (exact) mass is 312 g/mol. The highest BCUT2D eigenvalue weighted by atomic mass is 16.4. The number of hydrogen-bond acceptors (Lipinski definition) is 5. The van der Waals surface area contributed by atoms with Crippen LogP contribution in [0.2, 0.25) is 0 Å². The van der Waals surface area contributed by atoms with Gasteiger partial charge in [0.15, 0.2) is 0 Å². The number of carboxylic acids is 3. The highest BCUT2D eigenvalue weighted by Crippen LogP contribution is 2.02. The van der Waals surface area contributed by atoms with Crippen molar-refractivity contribution >= 4 is 17.9 Å². The van der Waals surface area contributed by atoms with E-state index in [2.05, 4.69) is 5.32 Å². The van der Waals surface area contributed by atoms with Gasteiger partial charge in [-0.15, -0.1) is 0 Å². The molecular formula is C14H20N2O6. The van der Waals surface area contributed by atoms with Crippen molar-refractivity contribution in [2.75, 3.05) is 7.05 Å². The second-order valence-electron chi connectivity index (χ2n) is 4.41. The molecule has 0 heterocycles. The molecule has 1 rings (SSSR count). The number of carbonyl (C=O) groups is 3. The van der Waals surface area contributed by atoms with Crippen molar-refractivity contribution in [3.63, 3.8) is 0 Å². The average Bonchev–Trinajstić information content (AvgIpc) is 2.45. The summed E-state index contributed by atoms with van der Waals surface area (Å²) in [5, 5.41) is 27.6. The number of aliphatic carboxylic acids is 3. The summed E-state index contributed by atoms with van der Waals surface area (Å²) in [7, 11) is 1.65. The van der Waals surface area contributed by atoms with Crippen LogP contribution in [-0.2, 0) is 20.8 Å². The third kappa shape index (κ3) is 8.67. The molecule has 0 aromatic heterocycles. The highest BCUT2D eigenvalue weighted by molar-refractivity contribution is 5.80. The van der Waals surface area contributed by atoms with Gasteiger partial charge in [-0.1, -0.05) is 30.3 Å². The first-order valence-corrected chi connectivity index (χ1v) is 6.42. The molecule has 22 heavy (non-hydrogen) atoms. The van der Waals surface area contributed by atoms with Gasteiger partial charge in [-0.3, -0.25) is 14.4 Å². The largest absolute Gasteiger partial charge is 0.481 e. The number of likely N-dealkylation sites (N-methyl/N-ethyl adjacent to an activating group) is 1. The predicted molar refractivity (Wildman–Crippen MR) is 78.5 cm³/mol. The lowest BCUT2D eigenvalue weighted by Crippen LogP contribution is -2.35. The number of hydrogen-bond donors (Lipinski definition) is 5. The maximum absolute atomic E-state index is 10.7. The summed E-state index contributed by atoms with van der Waals surface area (Å²) in [4.78, 5) is 30.3. The van der Waals surface area contributed by atoms with E-state index >= 15 is 0 Å². The third-order valence-corrected chi connectivity index (χ3v) is 2.64. The number of nitrogens with two attached hydrogens (primary N) is 1. The molecule has 0 bridgehead atoms. The van der Waals surface area contributed by atoms with Crippen LogP contribution in [-0.4, -0.2) is 52.4 Å². The van der Waals surface area contributed by atoms with E-state index in [1.807, 2.05) is 30.3 Å². The standard InChI is InChI=1S/C10H13NO2.C4H7NO4/c1-11-9(10(12)13)7-8-5-3-2-4-6-8;5-2(4(8)9)1-3(6)7/h2-6,9,11H,7H2,1H3,(H,12,13);2H,1,5H2,(H,6,7)(H,8,9). The van der Waals surface area contributed by atoms with Crippen molar-refractivity contribution in [3.05, 3.63) is 35.9 Å². The number of rotatable bonds is 7. The van der Waals surface area contributed by atoms with E-state index in [0.29, 0.717) is 6.42 Å². The maximum atomic E-state index is 10.7. The molecule has 0 fully saturated rings. The zero-order chi connectivity index (χ0) is 17.1. The first-order valence-electron chi connectivity index (χ1n) is 6.42. The Kier molecular flexibility index (Phi) is 9.15. The van der Waals surface area contributed by atoms with Crippen molar-refractivity contribution < 1.29 is 29.7 Å². The van der Waals surface area contributed by atoms with Gasteiger partial charge in [-0.25, -0.2) is 0 Å². The van der Waals surface area contributed by atoms with Crippen LogP contribution in [0.25, 0.3) is 0 Å². The van der Waals surface area contributed by atoms with Crippen LogP contribution in [0.3, 0.4) is 0 Å². The average molecular weight is 312 g/mol. The summed E-state index contributed by atoms with van der Waals surface area (Å²) in [5.41, 5.74) is 5.87. The van der Waals surface area contributed by atoms with E-state index in [0.717, 1.165) is 5.56 Å². The third-order valence-electron chi connectivity index (χ3n) is 2.64. The number of benzene rings is 1. The lowest BCUT2D eigenvalue weighted by molar-refractivity contribution is -0.144. The molecule has 0 aliphatic carbocycles. The Bertz CT molecular complexity index is 491. The smallest absolute Gasteiger partial charge is 0.321 e. The molecule has 6 N–H and O–H groups in total. The molecule has 0 spiro atoms. The number of nitrogens with one attached hydrogen (secondary N) is 1. The Morgan fingerprint density at radius 1 is 1.09 bits per heavy atom. The van der Waals surface area contributed by atoms with E-state index in [9.17, 15) is 14.4 Å². The fourth-order valence-electron chi connectivity index (χ4n) is 1.44. The lowest BCUT2D eigenvalue weighted by Gasteiger charge is -2.10. The van der Waals surface area contributed by atoms with Crippen molar-refractivity contribution in [1.82, 2.24) is 5.32 Å². The van der Waals surface area contributed by atoms with E-state index < -0.39 is 36.4 Å². The topological polar surface area (TPSA) is 150 Å². The summed E-state index contributed by atoms with van der Waals surface area (Å²) in [6.07, 6.45) is -0.0119. The van der Waals surface area contributed by atoms with Gasteiger partial charge >= 0.3 is 17.9 Å². The Labute approximate surface area is 127 Å². The molecule has 0 amide bonds. The van der Waals surface area contributed by atoms with Crippen molar-refractivity contribution in [2.24, 2.45) is 5.73 Å². The molecule has 0 saturated heterocycles. The van der Waals surface area contributed by atoms with Gasteiger partial charge in [0, 0.05) is 0 Å². The van der Waals surface area contributed by atoms with Gasteiger partial charge in [-0.2, -0.15) is 0 Å². The highest BCUT2D eigenvalue weighted by Gasteiger charge is 2.15. The number of carboxylic acid groups (broad SMARTS) is 3. The van der Waals surface area contributed by atoms with E-state index in [4.69, 9.17) is 21.1 Å². The summed E-state index contributed by atoms with van der Waals surface area (Å²) >= 11 is 0. The second-order valence-corrected chi connectivity index (χ2v) is 4.41. The quantitative estimate of drug-likeness (QED) is 0.463. The zero-order valence-electron chi connectivity index (χ0n) is 12.1. The van der Waals surface area contributed by atoms with Gasteiger partial charge < -0.3 is 26.4 Å².